The van der Waals surface area contributed by atoms with Gasteiger partial charge in [-0.2, -0.15) is 0 Å². The van der Waals surface area contributed by atoms with Crippen molar-refractivity contribution < 1.29 is 14.4 Å². The second kappa shape index (κ2) is 5.79. The number of nitrogens with one attached hydrogen (secondary N) is 1. The summed E-state index contributed by atoms with van der Waals surface area (Å²) in [7, 11) is 0. The van der Waals surface area contributed by atoms with Gasteiger partial charge in [0.1, 0.15) is 5.70 Å². The number of ether oxygens (including phenoxy) is 2. The van der Waals surface area contributed by atoms with Crippen molar-refractivity contribution >= 4 is 0 Å². The highest BCUT2D eigenvalue weighted by Crippen LogP contribution is 2.16. The van der Waals surface area contributed by atoms with E-state index in [2.05, 4.69) is 5.32 Å². The van der Waals surface area contributed by atoms with Crippen LogP contribution in [0, 0.1) is 16.5 Å². The van der Waals surface area contributed by atoms with Crippen LogP contribution in [0.3, 0.4) is 0 Å². The summed E-state index contributed by atoms with van der Waals surface area (Å²) in [5.41, 5.74) is 0.666. The molecule has 1 fully saturated rings. The molecule has 6 heteroatoms. The van der Waals surface area contributed by atoms with Crippen molar-refractivity contribution in [2.24, 2.45) is 0 Å². The molecule has 0 spiro atoms. The molecule has 1 aliphatic heterocycles. The minimum absolute atomic E-state index is 0.0384. The van der Waals surface area contributed by atoms with Crippen LogP contribution >= 0.6 is 0 Å². The zero-order valence-corrected chi connectivity index (χ0v) is 9.43. The first-order chi connectivity index (χ1) is 8.27. The summed E-state index contributed by atoms with van der Waals surface area (Å²) in [5, 5.41) is 13.8. The third-order valence-corrected chi connectivity index (χ3v) is 2.61. The highest BCUT2D eigenvalue weighted by atomic mass is 16.6. The normalized spacial score (nSPS) is 24.8. The Morgan fingerprint density at radius 3 is 3.12 bits per heavy atom. The first-order valence-electron chi connectivity index (χ1n) is 5.59. The van der Waals surface area contributed by atoms with Crippen LogP contribution in [-0.2, 0) is 9.47 Å². The average molecular weight is 239 g/mol. The quantitative estimate of drug-likeness (QED) is 0.575. The van der Waals surface area contributed by atoms with E-state index in [0.29, 0.717) is 38.5 Å². The van der Waals surface area contributed by atoms with Gasteiger partial charge in [0.2, 0.25) is 0 Å². The Morgan fingerprint density at radius 1 is 1.53 bits per heavy atom. The van der Waals surface area contributed by atoms with E-state index in [-0.39, 0.29) is 16.7 Å². The molecule has 17 heavy (non-hydrogen) atoms. The molecule has 1 radical (unpaired) electrons. The Kier molecular flexibility index (Phi) is 4.11. The summed E-state index contributed by atoms with van der Waals surface area (Å²) < 4.78 is 10.7. The first kappa shape index (κ1) is 12.1. The Hall–Kier alpha value is -1.40. The van der Waals surface area contributed by atoms with Crippen molar-refractivity contribution in [3.63, 3.8) is 0 Å². The summed E-state index contributed by atoms with van der Waals surface area (Å²) in [6.45, 7) is 2.26. The van der Waals surface area contributed by atoms with Gasteiger partial charge in [0.05, 0.1) is 30.8 Å². The fourth-order valence-electron chi connectivity index (χ4n) is 1.76. The van der Waals surface area contributed by atoms with Gasteiger partial charge in [0, 0.05) is 6.54 Å². The van der Waals surface area contributed by atoms with Crippen LogP contribution in [0.1, 0.15) is 6.42 Å². The Balaban J connectivity index is 1.87. The molecule has 1 unspecified atom stereocenters. The van der Waals surface area contributed by atoms with Crippen LogP contribution in [0.15, 0.2) is 23.5 Å². The molecule has 93 valence electrons. The minimum atomic E-state index is -0.382. The van der Waals surface area contributed by atoms with E-state index in [1.807, 2.05) is 6.08 Å². The van der Waals surface area contributed by atoms with Gasteiger partial charge < -0.3 is 14.8 Å². The fourth-order valence-corrected chi connectivity index (χ4v) is 1.76. The SMILES string of the molecule is O=[N+]([O-])C1=C[CH]CC=C1NCC1COCCO1. The zero-order chi connectivity index (χ0) is 12.1. The third-order valence-electron chi connectivity index (χ3n) is 2.61. The van der Waals surface area contributed by atoms with E-state index in [1.165, 1.54) is 6.08 Å². The van der Waals surface area contributed by atoms with Crippen molar-refractivity contribution in [1.29, 1.82) is 0 Å². The van der Waals surface area contributed by atoms with Crippen LogP contribution in [0.25, 0.3) is 0 Å². The molecule has 1 aliphatic carbocycles. The Labute approximate surface area is 99.4 Å². The molecule has 1 N–H and O–H groups in total. The molecule has 0 bridgehead atoms. The number of nitro groups is 1. The van der Waals surface area contributed by atoms with Gasteiger partial charge in [-0.15, -0.1) is 0 Å². The largest absolute Gasteiger partial charge is 0.377 e. The summed E-state index contributed by atoms with van der Waals surface area (Å²) in [4.78, 5) is 10.4. The Bertz CT molecular complexity index is 345. The lowest BCUT2D eigenvalue weighted by atomic mass is 10.1. The molecule has 2 aliphatic rings. The molecule has 0 aromatic rings. The van der Waals surface area contributed by atoms with E-state index in [9.17, 15) is 10.1 Å². The van der Waals surface area contributed by atoms with E-state index in [0.717, 1.165) is 0 Å². The second-order valence-electron chi connectivity index (χ2n) is 3.85. The summed E-state index contributed by atoms with van der Waals surface area (Å²) in [6.07, 6.45) is 5.77. The average Bonchev–Trinajstić information content (AvgIpc) is 2.38. The van der Waals surface area contributed by atoms with Crippen molar-refractivity contribution in [2.75, 3.05) is 26.4 Å². The number of nitrogens with zero attached hydrogens (tertiary/aromatic N) is 1. The van der Waals surface area contributed by atoms with Gasteiger partial charge >= 0.3 is 0 Å². The minimum Gasteiger partial charge on any atom is -0.377 e. The van der Waals surface area contributed by atoms with Gasteiger partial charge in [-0.3, -0.25) is 10.1 Å². The predicted molar refractivity (Wildman–Crippen MR) is 60.6 cm³/mol. The summed E-state index contributed by atoms with van der Waals surface area (Å²) in [6, 6.07) is 0. The molecule has 0 saturated carbocycles. The highest BCUT2D eigenvalue weighted by Gasteiger charge is 2.21. The zero-order valence-electron chi connectivity index (χ0n) is 9.43. The van der Waals surface area contributed by atoms with Crippen molar-refractivity contribution in [2.45, 2.75) is 12.5 Å². The lowest BCUT2D eigenvalue weighted by molar-refractivity contribution is -0.421. The van der Waals surface area contributed by atoms with Crippen LogP contribution in [0.5, 0.6) is 0 Å². The maximum Gasteiger partial charge on any atom is 0.288 e. The standard InChI is InChI=1S/C11H15N2O4/c14-13(15)11-4-2-1-3-10(11)12-7-9-8-16-5-6-17-9/h2-4,9,12H,1,5-8H2. The molecule has 1 saturated heterocycles. The first-order valence-corrected chi connectivity index (χ1v) is 5.59. The molecule has 0 aromatic heterocycles. The molecule has 6 nitrogen and oxygen atoms in total. The van der Waals surface area contributed by atoms with Gasteiger partial charge in [0.25, 0.3) is 5.70 Å². The van der Waals surface area contributed by atoms with Crippen molar-refractivity contribution in [3.8, 4) is 0 Å². The molecule has 1 atom stereocenters. The highest BCUT2D eigenvalue weighted by molar-refractivity contribution is 5.30. The smallest absolute Gasteiger partial charge is 0.288 e. The number of allylic oxidation sites excluding steroid dienone is 2. The van der Waals surface area contributed by atoms with Crippen LogP contribution in [0.4, 0.5) is 0 Å². The van der Waals surface area contributed by atoms with E-state index in [4.69, 9.17) is 9.47 Å². The van der Waals surface area contributed by atoms with Gasteiger partial charge in [-0.05, 0) is 18.9 Å². The van der Waals surface area contributed by atoms with Gasteiger partial charge in [-0.25, -0.2) is 0 Å². The van der Waals surface area contributed by atoms with Crippen molar-refractivity contribution in [1.82, 2.24) is 5.32 Å². The maximum absolute atomic E-state index is 10.8. The predicted octanol–water partition coefficient (Wildman–Crippen LogP) is 0.644. The van der Waals surface area contributed by atoms with Crippen LogP contribution < -0.4 is 5.32 Å². The number of hydrogen-bond acceptors (Lipinski definition) is 5. The Morgan fingerprint density at radius 2 is 2.41 bits per heavy atom. The molecule has 2 rings (SSSR count). The van der Waals surface area contributed by atoms with E-state index >= 15 is 0 Å². The van der Waals surface area contributed by atoms with Crippen LogP contribution in [0.2, 0.25) is 0 Å². The lowest BCUT2D eigenvalue weighted by Gasteiger charge is -2.24. The molecular formula is C11H15N2O4. The van der Waals surface area contributed by atoms with Crippen LogP contribution in [-0.4, -0.2) is 37.4 Å². The topological polar surface area (TPSA) is 73.6 Å². The molecule has 0 aromatic carbocycles. The van der Waals surface area contributed by atoms with Gasteiger partial charge in [0.15, 0.2) is 0 Å². The van der Waals surface area contributed by atoms with Crippen molar-refractivity contribution in [3.05, 3.63) is 40.1 Å². The monoisotopic (exact) mass is 239 g/mol. The summed E-state index contributed by atoms with van der Waals surface area (Å²) in [5.74, 6) is 0. The number of hydrogen-bond donors (Lipinski definition) is 1. The molecular weight excluding hydrogens is 224 g/mol. The maximum atomic E-state index is 10.8. The van der Waals surface area contributed by atoms with E-state index in [1.54, 1.807) is 6.42 Å². The van der Waals surface area contributed by atoms with Gasteiger partial charge in [-0.1, -0.05) is 6.08 Å². The lowest BCUT2D eigenvalue weighted by Crippen LogP contribution is -2.37. The number of rotatable bonds is 4. The second-order valence-corrected chi connectivity index (χ2v) is 3.85. The summed E-state index contributed by atoms with van der Waals surface area (Å²) >= 11 is 0. The molecule has 1 heterocycles. The van der Waals surface area contributed by atoms with E-state index < -0.39 is 0 Å². The third kappa shape index (κ3) is 3.28. The molecule has 0 amide bonds. The fraction of sp³-hybridized carbons (Fsp3) is 0.545.